The lowest BCUT2D eigenvalue weighted by Gasteiger charge is -2.26. The molecular formula is C16H21NO6S. The van der Waals surface area contributed by atoms with Crippen LogP contribution in [0.25, 0.3) is 0 Å². The highest BCUT2D eigenvalue weighted by Gasteiger charge is 2.34. The van der Waals surface area contributed by atoms with Crippen molar-refractivity contribution in [3.05, 3.63) is 29.8 Å². The van der Waals surface area contributed by atoms with Gasteiger partial charge in [0.2, 0.25) is 0 Å². The minimum absolute atomic E-state index is 0.00418. The molecule has 2 atom stereocenters. The Bertz CT molecular complexity index is 713. The van der Waals surface area contributed by atoms with Gasteiger partial charge in [-0.2, -0.15) is 0 Å². The molecule has 0 radical (unpaired) electrons. The maximum Gasteiger partial charge on any atom is 0.337 e. The Kier molecular flexibility index (Phi) is 5.48. The largest absolute Gasteiger partial charge is 0.481 e. The van der Waals surface area contributed by atoms with E-state index in [1.807, 2.05) is 0 Å². The van der Waals surface area contributed by atoms with Gasteiger partial charge in [0.15, 0.2) is 15.9 Å². The molecule has 132 valence electrons. The molecule has 1 heterocycles. The van der Waals surface area contributed by atoms with Crippen LogP contribution in [0.2, 0.25) is 0 Å². The van der Waals surface area contributed by atoms with E-state index in [2.05, 4.69) is 4.74 Å². The third-order valence-electron chi connectivity index (χ3n) is 4.04. The Hall–Kier alpha value is -2.09. The number of carbonyl (C=O) groups is 2. The van der Waals surface area contributed by atoms with Crippen molar-refractivity contribution in [2.45, 2.75) is 25.5 Å². The van der Waals surface area contributed by atoms with Crippen LogP contribution in [0.1, 0.15) is 23.7 Å². The van der Waals surface area contributed by atoms with E-state index in [1.54, 1.807) is 38.2 Å². The first-order valence-corrected chi connectivity index (χ1v) is 9.38. The summed E-state index contributed by atoms with van der Waals surface area (Å²) in [6, 6.07) is 5.94. The van der Waals surface area contributed by atoms with Crippen LogP contribution < -0.4 is 4.74 Å². The molecule has 24 heavy (non-hydrogen) atoms. The van der Waals surface area contributed by atoms with Crippen molar-refractivity contribution in [2.75, 3.05) is 25.7 Å². The second-order valence-electron chi connectivity index (χ2n) is 5.78. The summed E-state index contributed by atoms with van der Waals surface area (Å²) in [6.07, 6.45) is -0.312. The Labute approximate surface area is 141 Å². The van der Waals surface area contributed by atoms with Gasteiger partial charge in [-0.1, -0.05) is 0 Å². The topological polar surface area (TPSA) is 90.0 Å². The van der Waals surface area contributed by atoms with Crippen molar-refractivity contribution in [3.63, 3.8) is 0 Å². The fourth-order valence-corrected chi connectivity index (χ4v) is 4.36. The first-order valence-electron chi connectivity index (χ1n) is 7.55. The molecule has 1 aromatic rings. The van der Waals surface area contributed by atoms with Gasteiger partial charge in [-0.25, -0.2) is 13.2 Å². The monoisotopic (exact) mass is 355 g/mol. The van der Waals surface area contributed by atoms with Crippen LogP contribution >= 0.6 is 0 Å². The predicted molar refractivity (Wildman–Crippen MR) is 87.7 cm³/mol. The molecule has 7 nitrogen and oxygen atoms in total. The van der Waals surface area contributed by atoms with E-state index in [9.17, 15) is 18.0 Å². The Morgan fingerprint density at radius 1 is 1.25 bits per heavy atom. The van der Waals surface area contributed by atoms with Crippen molar-refractivity contribution >= 4 is 21.7 Å². The number of likely N-dealkylation sites (N-methyl/N-ethyl adjacent to an activating group) is 1. The number of hydrogen-bond donors (Lipinski definition) is 0. The minimum Gasteiger partial charge on any atom is -0.481 e. The molecule has 1 amide bonds. The lowest BCUT2D eigenvalue weighted by molar-refractivity contribution is -0.138. The molecule has 1 aliphatic heterocycles. The summed E-state index contributed by atoms with van der Waals surface area (Å²) in [5, 5.41) is 0. The molecule has 0 aliphatic carbocycles. The van der Waals surface area contributed by atoms with Gasteiger partial charge in [-0.3, -0.25) is 4.79 Å². The normalized spacial score (nSPS) is 20.2. The smallest absolute Gasteiger partial charge is 0.337 e. The summed E-state index contributed by atoms with van der Waals surface area (Å²) in [4.78, 5) is 25.2. The maximum atomic E-state index is 12.4. The van der Waals surface area contributed by atoms with E-state index in [0.717, 1.165) is 0 Å². The van der Waals surface area contributed by atoms with E-state index in [4.69, 9.17) is 4.74 Å². The van der Waals surface area contributed by atoms with Crippen LogP contribution in [0, 0.1) is 0 Å². The molecule has 0 unspecified atom stereocenters. The van der Waals surface area contributed by atoms with Gasteiger partial charge in [0, 0.05) is 13.1 Å². The molecule has 1 aliphatic rings. The van der Waals surface area contributed by atoms with E-state index < -0.39 is 21.9 Å². The highest BCUT2D eigenvalue weighted by Crippen LogP contribution is 2.19. The molecule has 2 rings (SSSR count). The first kappa shape index (κ1) is 18.3. The quantitative estimate of drug-likeness (QED) is 0.729. The number of amides is 1. The van der Waals surface area contributed by atoms with Crippen LogP contribution in [0.15, 0.2) is 24.3 Å². The third-order valence-corrected chi connectivity index (χ3v) is 5.79. The molecule has 0 aromatic heterocycles. The van der Waals surface area contributed by atoms with Crippen LogP contribution in [0.4, 0.5) is 0 Å². The Balaban J connectivity index is 1.97. The van der Waals surface area contributed by atoms with Crippen LogP contribution in [0.3, 0.4) is 0 Å². The van der Waals surface area contributed by atoms with Gasteiger partial charge in [0.1, 0.15) is 5.75 Å². The number of nitrogens with zero attached hydrogens (tertiary/aromatic N) is 1. The van der Waals surface area contributed by atoms with Crippen molar-refractivity contribution in [3.8, 4) is 5.75 Å². The van der Waals surface area contributed by atoms with E-state index in [-0.39, 0.29) is 23.5 Å². The number of rotatable bonds is 5. The highest BCUT2D eigenvalue weighted by molar-refractivity contribution is 7.91. The average Bonchev–Trinajstić information content (AvgIpc) is 2.93. The molecular weight excluding hydrogens is 334 g/mol. The number of carbonyl (C=O) groups excluding carboxylic acids is 2. The Morgan fingerprint density at radius 2 is 1.88 bits per heavy atom. The zero-order valence-electron chi connectivity index (χ0n) is 13.9. The van der Waals surface area contributed by atoms with Gasteiger partial charge in [-0.15, -0.1) is 0 Å². The third kappa shape index (κ3) is 4.25. The molecule has 0 saturated carbocycles. The molecule has 1 saturated heterocycles. The van der Waals surface area contributed by atoms with Crippen LogP contribution in [0.5, 0.6) is 5.75 Å². The molecule has 0 spiro atoms. The lowest BCUT2D eigenvalue weighted by Crippen LogP contribution is -2.44. The molecule has 8 heteroatoms. The second-order valence-corrected chi connectivity index (χ2v) is 8.01. The van der Waals surface area contributed by atoms with Gasteiger partial charge < -0.3 is 14.4 Å². The minimum atomic E-state index is -3.05. The molecule has 1 fully saturated rings. The van der Waals surface area contributed by atoms with Gasteiger partial charge in [0.25, 0.3) is 5.91 Å². The number of sulfone groups is 1. The highest BCUT2D eigenvalue weighted by atomic mass is 32.2. The van der Waals surface area contributed by atoms with Gasteiger partial charge >= 0.3 is 5.97 Å². The van der Waals surface area contributed by atoms with E-state index in [0.29, 0.717) is 17.7 Å². The zero-order chi connectivity index (χ0) is 17.9. The summed E-state index contributed by atoms with van der Waals surface area (Å²) in [5.74, 6) is -0.187. The van der Waals surface area contributed by atoms with Crippen molar-refractivity contribution < 1.29 is 27.5 Å². The first-order chi connectivity index (χ1) is 11.2. The number of methoxy groups -OCH3 is 1. The molecule has 0 bridgehead atoms. The fraction of sp³-hybridized carbons (Fsp3) is 0.500. The van der Waals surface area contributed by atoms with Crippen molar-refractivity contribution in [2.24, 2.45) is 0 Å². The van der Waals surface area contributed by atoms with Crippen LogP contribution in [-0.4, -0.2) is 63.0 Å². The predicted octanol–water partition coefficient (Wildman–Crippen LogP) is 0.886. The van der Waals surface area contributed by atoms with Gasteiger partial charge in [-0.05, 0) is 37.6 Å². The summed E-state index contributed by atoms with van der Waals surface area (Å²) >= 11 is 0. The van der Waals surface area contributed by atoms with Gasteiger partial charge in [0.05, 0.1) is 24.2 Å². The second kappa shape index (κ2) is 7.21. The van der Waals surface area contributed by atoms with Crippen molar-refractivity contribution in [1.29, 1.82) is 0 Å². The summed E-state index contributed by atoms with van der Waals surface area (Å²) < 4.78 is 33.3. The van der Waals surface area contributed by atoms with E-state index in [1.165, 1.54) is 12.0 Å². The number of benzene rings is 1. The fourth-order valence-electron chi connectivity index (χ4n) is 2.59. The standard InChI is InChI=1S/C16H21NO6S/c1-11(15(18)17(2)13-8-9-24(20,21)10-13)23-14-6-4-12(5-7-14)16(19)22-3/h4-7,11,13H,8-10H2,1-3H3/t11-,13+/m1/s1. The molecule has 1 aromatic carbocycles. The average molecular weight is 355 g/mol. The summed E-state index contributed by atoms with van der Waals surface area (Å²) in [7, 11) is -0.163. The van der Waals surface area contributed by atoms with Crippen LogP contribution in [-0.2, 0) is 19.4 Å². The number of ether oxygens (including phenoxy) is 2. The number of hydrogen-bond acceptors (Lipinski definition) is 6. The SMILES string of the molecule is COC(=O)c1ccc(O[C@H](C)C(=O)N(C)[C@H]2CCS(=O)(=O)C2)cc1. The zero-order valence-corrected chi connectivity index (χ0v) is 14.7. The number of esters is 1. The van der Waals surface area contributed by atoms with E-state index >= 15 is 0 Å². The summed E-state index contributed by atoms with van der Waals surface area (Å²) in [6.45, 7) is 1.61. The van der Waals surface area contributed by atoms with Crippen molar-refractivity contribution in [1.82, 2.24) is 4.90 Å². The summed E-state index contributed by atoms with van der Waals surface area (Å²) in [5.41, 5.74) is 0.386. The Morgan fingerprint density at radius 3 is 2.38 bits per heavy atom. The lowest BCUT2D eigenvalue weighted by atomic mass is 10.2. The maximum absolute atomic E-state index is 12.4. The molecule has 0 N–H and O–H groups in total.